The fourth-order valence-electron chi connectivity index (χ4n) is 2.00. The lowest BCUT2D eigenvalue weighted by Crippen LogP contribution is -2.24. The Labute approximate surface area is 85.3 Å². The van der Waals surface area contributed by atoms with Crippen LogP contribution in [0.5, 0.6) is 0 Å². The molecular formula is C12H17NO. The number of benzene rings is 1. The summed E-state index contributed by atoms with van der Waals surface area (Å²) in [7, 11) is 1.77. The molecule has 0 amide bonds. The molecule has 2 nitrogen and oxygen atoms in total. The van der Waals surface area contributed by atoms with Crippen LogP contribution >= 0.6 is 0 Å². The van der Waals surface area contributed by atoms with E-state index in [2.05, 4.69) is 29.6 Å². The molecule has 1 aliphatic heterocycles. The Balaban J connectivity index is 1.99. The largest absolute Gasteiger partial charge is 0.385 e. The molecule has 0 bridgehead atoms. The monoisotopic (exact) mass is 191 g/mol. The molecule has 0 aliphatic carbocycles. The maximum Gasteiger partial charge on any atom is 0.0465 e. The number of hydrogen-bond donors (Lipinski definition) is 1. The first-order chi connectivity index (χ1) is 6.90. The minimum absolute atomic E-state index is 0.727. The van der Waals surface area contributed by atoms with Crippen LogP contribution < -0.4 is 5.32 Å². The molecule has 2 rings (SSSR count). The van der Waals surface area contributed by atoms with Crippen molar-refractivity contribution in [1.29, 1.82) is 0 Å². The van der Waals surface area contributed by atoms with Gasteiger partial charge in [0.05, 0.1) is 0 Å². The van der Waals surface area contributed by atoms with Crippen molar-refractivity contribution in [2.75, 3.05) is 25.6 Å². The van der Waals surface area contributed by atoms with Crippen LogP contribution in [0.1, 0.15) is 12.0 Å². The van der Waals surface area contributed by atoms with Gasteiger partial charge in [-0.05, 0) is 30.4 Å². The van der Waals surface area contributed by atoms with E-state index in [0.29, 0.717) is 0 Å². The molecule has 1 aromatic carbocycles. The molecule has 0 spiro atoms. The summed E-state index contributed by atoms with van der Waals surface area (Å²) in [4.78, 5) is 0. The highest BCUT2D eigenvalue weighted by Gasteiger charge is 2.16. The summed E-state index contributed by atoms with van der Waals surface area (Å²) in [6, 6.07) is 8.56. The highest BCUT2D eigenvalue weighted by Crippen LogP contribution is 2.25. The van der Waals surface area contributed by atoms with Crippen LogP contribution in [0.15, 0.2) is 24.3 Å². The van der Waals surface area contributed by atoms with Gasteiger partial charge < -0.3 is 10.1 Å². The number of para-hydroxylation sites is 1. The van der Waals surface area contributed by atoms with Gasteiger partial charge in [-0.2, -0.15) is 0 Å². The van der Waals surface area contributed by atoms with Crippen molar-refractivity contribution in [3.8, 4) is 0 Å². The molecule has 0 aromatic heterocycles. The average Bonchev–Trinajstić information content (AvgIpc) is 2.26. The molecule has 0 radical (unpaired) electrons. The van der Waals surface area contributed by atoms with E-state index < -0.39 is 0 Å². The van der Waals surface area contributed by atoms with Gasteiger partial charge in [0, 0.05) is 25.9 Å². The molecule has 0 saturated heterocycles. The third-order valence-electron chi connectivity index (χ3n) is 2.84. The second kappa shape index (κ2) is 4.47. The van der Waals surface area contributed by atoms with Crippen LogP contribution in [0, 0.1) is 5.92 Å². The molecule has 2 heteroatoms. The standard InChI is InChI=1S/C12H17NO/c1-14-7-6-10-8-11-4-2-3-5-12(11)13-9-10/h2-5,10,13H,6-9H2,1H3/t10-/m1/s1. The molecule has 1 aliphatic rings. The van der Waals surface area contributed by atoms with E-state index in [0.717, 1.165) is 25.5 Å². The summed E-state index contributed by atoms with van der Waals surface area (Å²) >= 11 is 0. The fraction of sp³-hybridized carbons (Fsp3) is 0.500. The minimum Gasteiger partial charge on any atom is -0.385 e. The Morgan fingerprint density at radius 1 is 1.43 bits per heavy atom. The Kier molecular flexibility index (Phi) is 3.04. The van der Waals surface area contributed by atoms with Gasteiger partial charge in [0.2, 0.25) is 0 Å². The molecular weight excluding hydrogens is 174 g/mol. The molecule has 0 fully saturated rings. The second-order valence-corrected chi connectivity index (χ2v) is 3.89. The van der Waals surface area contributed by atoms with Crippen molar-refractivity contribution in [2.24, 2.45) is 5.92 Å². The summed E-state index contributed by atoms with van der Waals surface area (Å²) in [6.07, 6.45) is 2.34. The Morgan fingerprint density at radius 3 is 3.14 bits per heavy atom. The van der Waals surface area contributed by atoms with Crippen molar-refractivity contribution in [3.63, 3.8) is 0 Å². The van der Waals surface area contributed by atoms with Crippen LogP contribution in [0.2, 0.25) is 0 Å². The summed E-state index contributed by atoms with van der Waals surface area (Å²) in [5.74, 6) is 0.727. The lowest BCUT2D eigenvalue weighted by Gasteiger charge is -2.25. The number of fused-ring (bicyclic) bond motifs is 1. The summed E-state index contributed by atoms with van der Waals surface area (Å²) in [5.41, 5.74) is 2.75. The van der Waals surface area contributed by atoms with E-state index in [4.69, 9.17) is 4.74 Å². The minimum atomic E-state index is 0.727. The Morgan fingerprint density at radius 2 is 2.29 bits per heavy atom. The number of anilines is 1. The SMILES string of the molecule is COCC[C@H]1CNc2ccccc2C1. The first kappa shape index (κ1) is 9.53. The zero-order valence-corrected chi connectivity index (χ0v) is 8.62. The van der Waals surface area contributed by atoms with Crippen LogP contribution in [-0.4, -0.2) is 20.3 Å². The summed E-state index contributed by atoms with van der Waals surface area (Å²) < 4.78 is 5.10. The van der Waals surface area contributed by atoms with Gasteiger partial charge in [-0.3, -0.25) is 0 Å². The third-order valence-corrected chi connectivity index (χ3v) is 2.84. The Hall–Kier alpha value is -1.02. The van der Waals surface area contributed by atoms with Gasteiger partial charge >= 0.3 is 0 Å². The zero-order chi connectivity index (χ0) is 9.80. The topological polar surface area (TPSA) is 21.3 Å². The maximum atomic E-state index is 5.10. The lowest BCUT2D eigenvalue weighted by molar-refractivity contribution is 0.178. The summed E-state index contributed by atoms with van der Waals surface area (Å²) in [5, 5.41) is 3.47. The van der Waals surface area contributed by atoms with Gasteiger partial charge in [-0.1, -0.05) is 18.2 Å². The number of hydrogen-bond acceptors (Lipinski definition) is 2. The average molecular weight is 191 g/mol. The first-order valence-electron chi connectivity index (χ1n) is 5.21. The predicted molar refractivity (Wildman–Crippen MR) is 58.6 cm³/mol. The van der Waals surface area contributed by atoms with E-state index in [1.165, 1.54) is 17.7 Å². The highest BCUT2D eigenvalue weighted by molar-refractivity contribution is 5.53. The summed E-state index contributed by atoms with van der Waals surface area (Å²) in [6.45, 7) is 1.95. The fourth-order valence-corrected chi connectivity index (χ4v) is 2.00. The number of methoxy groups -OCH3 is 1. The van der Waals surface area contributed by atoms with Crippen molar-refractivity contribution in [1.82, 2.24) is 0 Å². The normalized spacial score (nSPS) is 19.9. The lowest BCUT2D eigenvalue weighted by atomic mass is 9.92. The van der Waals surface area contributed by atoms with Gasteiger partial charge in [-0.25, -0.2) is 0 Å². The van der Waals surface area contributed by atoms with E-state index in [9.17, 15) is 0 Å². The first-order valence-corrected chi connectivity index (χ1v) is 5.21. The van der Waals surface area contributed by atoms with E-state index in [1.807, 2.05) is 0 Å². The molecule has 14 heavy (non-hydrogen) atoms. The van der Waals surface area contributed by atoms with Gasteiger partial charge in [-0.15, -0.1) is 0 Å². The van der Waals surface area contributed by atoms with Crippen LogP contribution in [0.3, 0.4) is 0 Å². The molecule has 76 valence electrons. The number of rotatable bonds is 3. The predicted octanol–water partition coefficient (Wildman–Crippen LogP) is 2.31. The molecule has 1 aromatic rings. The smallest absolute Gasteiger partial charge is 0.0465 e. The quantitative estimate of drug-likeness (QED) is 0.791. The van der Waals surface area contributed by atoms with Gasteiger partial charge in [0.15, 0.2) is 0 Å². The van der Waals surface area contributed by atoms with Gasteiger partial charge in [0.1, 0.15) is 0 Å². The van der Waals surface area contributed by atoms with E-state index in [1.54, 1.807) is 7.11 Å². The van der Waals surface area contributed by atoms with Crippen LogP contribution in [0.4, 0.5) is 5.69 Å². The number of nitrogens with one attached hydrogen (secondary N) is 1. The molecule has 0 unspecified atom stereocenters. The highest BCUT2D eigenvalue weighted by atomic mass is 16.5. The molecule has 1 heterocycles. The van der Waals surface area contributed by atoms with Crippen molar-refractivity contribution in [3.05, 3.63) is 29.8 Å². The maximum absolute atomic E-state index is 5.10. The van der Waals surface area contributed by atoms with Crippen molar-refractivity contribution < 1.29 is 4.74 Å². The van der Waals surface area contributed by atoms with Gasteiger partial charge in [0.25, 0.3) is 0 Å². The molecule has 0 saturated carbocycles. The van der Waals surface area contributed by atoms with E-state index >= 15 is 0 Å². The molecule has 1 atom stereocenters. The number of ether oxygens (including phenoxy) is 1. The Bertz CT molecular complexity index is 298. The van der Waals surface area contributed by atoms with E-state index in [-0.39, 0.29) is 0 Å². The van der Waals surface area contributed by atoms with Crippen LogP contribution in [-0.2, 0) is 11.2 Å². The third kappa shape index (κ3) is 2.07. The second-order valence-electron chi connectivity index (χ2n) is 3.89. The van der Waals surface area contributed by atoms with Crippen molar-refractivity contribution in [2.45, 2.75) is 12.8 Å². The van der Waals surface area contributed by atoms with Crippen molar-refractivity contribution >= 4 is 5.69 Å². The zero-order valence-electron chi connectivity index (χ0n) is 8.62. The van der Waals surface area contributed by atoms with Crippen LogP contribution in [0.25, 0.3) is 0 Å². The molecule has 1 N–H and O–H groups in total.